The molecule has 0 aliphatic heterocycles. The number of benzene rings is 6. The van der Waals surface area contributed by atoms with Gasteiger partial charge >= 0.3 is 0 Å². The molecule has 212 valence electrons. The van der Waals surface area contributed by atoms with E-state index in [2.05, 4.69) is 151 Å². The Morgan fingerprint density at radius 1 is 0.578 bits per heavy atom. The largest absolute Gasteiger partial charge is 0.456 e. The number of furan rings is 1. The summed E-state index contributed by atoms with van der Waals surface area (Å²) in [6.07, 6.45) is 13.7. The number of fused-ring (bicyclic) bond motifs is 9. The summed E-state index contributed by atoms with van der Waals surface area (Å²) in [5.74, 6) is 0. The van der Waals surface area contributed by atoms with Crippen molar-refractivity contribution in [2.75, 3.05) is 0 Å². The summed E-state index contributed by atoms with van der Waals surface area (Å²) in [6.45, 7) is 4.29. The minimum atomic E-state index is 0.805. The first-order chi connectivity index (χ1) is 22.2. The van der Waals surface area contributed by atoms with Crippen molar-refractivity contribution in [3.05, 3.63) is 169 Å². The van der Waals surface area contributed by atoms with Crippen LogP contribution in [-0.2, 0) is 6.42 Å². The maximum atomic E-state index is 6.34. The van der Waals surface area contributed by atoms with Gasteiger partial charge in [-0.25, -0.2) is 0 Å². The van der Waals surface area contributed by atoms with Gasteiger partial charge in [-0.15, -0.1) is 0 Å². The van der Waals surface area contributed by atoms with Crippen molar-refractivity contribution in [3.63, 3.8) is 0 Å². The van der Waals surface area contributed by atoms with E-state index in [0.29, 0.717) is 0 Å². The van der Waals surface area contributed by atoms with Gasteiger partial charge in [-0.2, -0.15) is 0 Å². The first-order valence-corrected chi connectivity index (χ1v) is 15.4. The van der Waals surface area contributed by atoms with Crippen LogP contribution in [0, 0.1) is 0 Å². The summed E-state index contributed by atoms with van der Waals surface area (Å²) >= 11 is 0. The number of rotatable bonds is 2. The Balaban J connectivity index is 1.38. The van der Waals surface area contributed by atoms with Crippen molar-refractivity contribution in [1.82, 2.24) is 4.57 Å². The van der Waals surface area contributed by atoms with Crippen LogP contribution >= 0.6 is 0 Å². The van der Waals surface area contributed by atoms with Crippen molar-refractivity contribution >= 4 is 60.6 Å². The Hall–Kier alpha value is -5.86. The molecule has 2 heteroatoms. The summed E-state index contributed by atoms with van der Waals surface area (Å²) in [5.41, 5.74) is 11.2. The minimum Gasteiger partial charge on any atom is -0.456 e. The molecule has 2 aromatic heterocycles. The van der Waals surface area contributed by atoms with Crippen molar-refractivity contribution < 1.29 is 4.42 Å². The molecule has 45 heavy (non-hydrogen) atoms. The SMILES string of the molecule is C=C1/C=C\C=C/Cc2c(-c3ccc4c(c3)oc3ccccc34)cc3cc4c5ccccc5n(-c5ccccc5)c4cc3c2/C=C\1. The molecule has 2 nitrogen and oxygen atoms in total. The molecule has 0 fully saturated rings. The molecule has 0 spiro atoms. The van der Waals surface area contributed by atoms with E-state index in [-0.39, 0.29) is 0 Å². The van der Waals surface area contributed by atoms with Gasteiger partial charge in [0, 0.05) is 27.2 Å². The van der Waals surface area contributed by atoms with E-state index in [1.54, 1.807) is 0 Å². The van der Waals surface area contributed by atoms with Crippen molar-refractivity contribution in [3.8, 4) is 16.8 Å². The van der Waals surface area contributed by atoms with Gasteiger partial charge in [-0.05, 0) is 99.6 Å². The van der Waals surface area contributed by atoms with Crippen LogP contribution in [0.25, 0.3) is 77.4 Å². The highest BCUT2D eigenvalue weighted by molar-refractivity contribution is 6.15. The predicted molar refractivity (Wildman–Crippen MR) is 191 cm³/mol. The van der Waals surface area contributed by atoms with Gasteiger partial charge < -0.3 is 8.98 Å². The van der Waals surface area contributed by atoms with Crippen molar-refractivity contribution in [1.29, 1.82) is 0 Å². The third-order valence-corrected chi connectivity index (χ3v) is 9.13. The van der Waals surface area contributed by atoms with E-state index < -0.39 is 0 Å². The standard InChI is InChI=1S/C43H29NO/c1-28-12-4-2-7-15-32-33(22-20-28)38-27-41-39(34-16-8-10-18-40(34)44(41)31-13-5-3-6-14-31)25-30(38)24-37(32)29-21-23-36-35-17-9-11-19-42(35)45-43(36)26-29/h2-14,16-27H,1,15H2/b7-2-,12-4-,22-20-. The highest BCUT2D eigenvalue weighted by Gasteiger charge is 2.19. The van der Waals surface area contributed by atoms with Crippen LogP contribution in [0.4, 0.5) is 0 Å². The Bertz CT molecular complexity index is 2570. The summed E-state index contributed by atoms with van der Waals surface area (Å²) in [6, 6.07) is 41.5. The topological polar surface area (TPSA) is 18.1 Å². The molecular weight excluding hydrogens is 546 g/mol. The zero-order valence-corrected chi connectivity index (χ0v) is 24.7. The molecular formula is C43H29NO. The van der Waals surface area contributed by atoms with Gasteiger partial charge in [0.2, 0.25) is 0 Å². The smallest absolute Gasteiger partial charge is 0.136 e. The third-order valence-electron chi connectivity index (χ3n) is 9.13. The number of para-hydroxylation sites is 3. The second-order valence-corrected chi connectivity index (χ2v) is 11.8. The molecule has 0 bridgehead atoms. The lowest BCUT2D eigenvalue weighted by Gasteiger charge is -2.17. The summed E-state index contributed by atoms with van der Waals surface area (Å²) in [5, 5.41) is 7.23. The van der Waals surface area contributed by atoms with E-state index in [9.17, 15) is 0 Å². The Kier molecular flexibility index (Phi) is 5.76. The predicted octanol–water partition coefficient (Wildman–Crippen LogP) is 11.7. The zero-order valence-electron chi connectivity index (χ0n) is 24.7. The van der Waals surface area contributed by atoms with Gasteiger partial charge in [-0.1, -0.05) is 104 Å². The number of hydrogen-bond donors (Lipinski definition) is 0. The molecule has 1 aliphatic carbocycles. The first kappa shape index (κ1) is 25.6. The second kappa shape index (κ2) is 10.1. The molecule has 0 amide bonds. The molecule has 0 radical (unpaired) electrons. The molecule has 0 N–H and O–H groups in total. The van der Waals surface area contributed by atoms with Crippen LogP contribution in [-0.4, -0.2) is 4.57 Å². The van der Waals surface area contributed by atoms with Crippen molar-refractivity contribution in [2.45, 2.75) is 6.42 Å². The molecule has 6 aromatic carbocycles. The van der Waals surface area contributed by atoms with Crippen LogP contribution in [0.15, 0.2) is 162 Å². The van der Waals surface area contributed by atoms with Gasteiger partial charge in [0.15, 0.2) is 0 Å². The highest BCUT2D eigenvalue weighted by Crippen LogP contribution is 2.41. The Morgan fingerprint density at radius 3 is 2.29 bits per heavy atom. The average molecular weight is 576 g/mol. The summed E-state index contributed by atoms with van der Waals surface area (Å²) < 4.78 is 8.73. The van der Waals surface area contributed by atoms with E-state index in [1.807, 2.05) is 12.1 Å². The van der Waals surface area contributed by atoms with Gasteiger partial charge in [0.1, 0.15) is 11.2 Å². The maximum absolute atomic E-state index is 6.34. The monoisotopic (exact) mass is 575 g/mol. The highest BCUT2D eigenvalue weighted by atomic mass is 16.3. The van der Waals surface area contributed by atoms with E-state index in [1.165, 1.54) is 49.3 Å². The number of hydrogen-bond acceptors (Lipinski definition) is 1. The van der Waals surface area contributed by atoms with E-state index in [0.717, 1.165) is 45.2 Å². The van der Waals surface area contributed by atoms with Crippen LogP contribution in [0.3, 0.4) is 0 Å². The first-order valence-electron chi connectivity index (χ1n) is 15.4. The zero-order chi connectivity index (χ0) is 29.9. The molecule has 0 saturated heterocycles. The van der Waals surface area contributed by atoms with Gasteiger partial charge in [0.05, 0.1) is 11.0 Å². The maximum Gasteiger partial charge on any atom is 0.136 e. The molecule has 8 aromatic rings. The third kappa shape index (κ3) is 4.11. The second-order valence-electron chi connectivity index (χ2n) is 11.8. The number of aromatic nitrogens is 1. The lowest BCUT2D eigenvalue weighted by molar-refractivity contribution is 0.669. The summed E-state index contributed by atoms with van der Waals surface area (Å²) in [4.78, 5) is 0. The summed E-state index contributed by atoms with van der Waals surface area (Å²) in [7, 11) is 0. The van der Waals surface area contributed by atoms with E-state index in [4.69, 9.17) is 4.42 Å². The van der Waals surface area contributed by atoms with Crippen molar-refractivity contribution in [2.24, 2.45) is 0 Å². The normalized spacial score (nSPS) is 15.6. The van der Waals surface area contributed by atoms with E-state index >= 15 is 0 Å². The lowest BCUT2D eigenvalue weighted by atomic mass is 9.87. The fraction of sp³-hybridized carbons (Fsp3) is 0.0233. The van der Waals surface area contributed by atoms with Crippen LogP contribution in [0.2, 0.25) is 0 Å². The molecule has 0 saturated carbocycles. The van der Waals surface area contributed by atoms with Gasteiger partial charge in [-0.3, -0.25) is 0 Å². The molecule has 1 aliphatic rings. The fourth-order valence-electron chi connectivity index (χ4n) is 7.04. The van der Waals surface area contributed by atoms with Crippen LogP contribution in [0.5, 0.6) is 0 Å². The molecule has 9 rings (SSSR count). The number of nitrogens with zero attached hydrogens (tertiary/aromatic N) is 1. The molecule has 2 heterocycles. The molecule has 0 unspecified atom stereocenters. The minimum absolute atomic E-state index is 0.805. The Labute approximate surface area is 261 Å². The quantitative estimate of drug-likeness (QED) is 0.200. The lowest BCUT2D eigenvalue weighted by Crippen LogP contribution is -1.97. The Morgan fingerprint density at radius 2 is 1.38 bits per heavy atom. The fourth-order valence-corrected chi connectivity index (χ4v) is 7.04. The van der Waals surface area contributed by atoms with Gasteiger partial charge in [0.25, 0.3) is 0 Å². The number of allylic oxidation sites excluding steroid dienone is 6. The van der Waals surface area contributed by atoms with Crippen LogP contribution in [0.1, 0.15) is 11.1 Å². The average Bonchev–Trinajstić information content (AvgIpc) is 3.61. The molecule has 0 atom stereocenters. The van der Waals surface area contributed by atoms with Crippen LogP contribution < -0.4 is 0 Å².